The average molecular weight is 562 g/mol. The van der Waals surface area contributed by atoms with Crippen LogP contribution in [-0.2, 0) is 26.0 Å². The zero-order valence-electron chi connectivity index (χ0n) is 22.3. The molecule has 0 aliphatic rings. The molecule has 3 aromatic rings. The average Bonchev–Trinajstić information content (AvgIpc) is 3.25. The second-order valence-electron chi connectivity index (χ2n) is 8.43. The topological polar surface area (TPSA) is 107 Å². The second-order valence-corrected chi connectivity index (χ2v) is 11.4. The van der Waals surface area contributed by atoms with Crippen molar-refractivity contribution >= 4 is 43.5 Å². The van der Waals surface area contributed by atoms with Crippen LogP contribution in [0.15, 0.2) is 52.4 Å². The molecule has 11 heteroatoms. The van der Waals surface area contributed by atoms with Crippen LogP contribution < -0.4 is 4.80 Å². The standard InChI is InChI=1S/C27H35N3O6S2/c1-5-9-16-29(6-2)38(33,34)22-13-10-20(11-14-22)25(31)28-27-30(17-18-35-7-3)23-15-12-21(19-24(23)37-27)26(32)36-8-4/h10-15,19H,5-9,16-18H2,1-4H3. The van der Waals surface area contributed by atoms with Gasteiger partial charge in [0.25, 0.3) is 5.91 Å². The molecule has 2 aromatic carbocycles. The smallest absolute Gasteiger partial charge is 0.338 e. The van der Waals surface area contributed by atoms with Crippen molar-refractivity contribution in [3.05, 3.63) is 58.4 Å². The molecule has 0 bridgehead atoms. The molecule has 0 unspecified atom stereocenters. The molecule has 0 atom stereocenters. The molecule has 206 valence electrons. The summed E-state index contributed by atoms with van der Waals surface area (Å²) in [7, 11) is -3.64. The van der Waals surface area contributed by atoms with Gasteiger partial charge in [-0.15, -0.1) is 0 Å². The van der Waals surface area contributed by atoms with Gasteiger partial charge in [0, 0.05) is 31.8 Å². The van der Waals surface area contributed by atoms with E-state index in [-0.39, 0.29) is 17.1 Å². The summed E-state index contributed by atoms with van der Waals surface area (Å²) < 4.78 is 40.7. The number of rotatable bonds is 13. The van der Waals surface area contributed by atoms with Crippen LogP contribution in [0.2, 0.25) is 0 Å². The number of amides is 1. The molecule has 0 saturated carbocycles. The van der Waals surface area contributed by atoms with E-state index in [2.05, 4.69) is 4.99 Å². The molecule has 0 N–H and O–H groups in total. The van der Waals surface area contributed by atoms with Crippen LogP contribution in [-0.4, -0.2) is 62.1 Å². The molecular formula is C27H35N3O6S2. The van der Waals surface area contributed by atoms with Gasteiger partial charge in [-0.3, -0.25) is 4.79 Å². The summed E-state index contributed by atoms with van der Waals surface area (Å²) in [5.74, 6) is -0.904. The maximum atomic E-state index is 13.1. The Kier molecular flexibility index (Phi) is 10.8. The predicted octanol–water partition coefficient (Wildman–Crippen LogP) is 4.47. The first-order valence-corrected chi connectivity index (χ1v) is 15.1. The normalized spacial score (nSPS) is 12.4. The molecule has 38 heavy (non-hydrogen) atoms. The number of thiazole rings is 1. The van der Waals surface area contributed by atoms with Crippen molar-refractivity contribution in [3.8, 4) is 0 Å². The van der Waals surface area contributed by atoms with Crippen LogP contribution >= 0.6 is 11.3 Å². The second kappa shape index (κ2) is 13.8. The van der Waals surface area contributed by atoms with E-state index >= 15 is 0 Å². The SMILES string of the molecule is CCCCN(CC)S(=O)(=O)c1ccc(C(=O)N=c2sc3cc(C(=O)OCC)ccc3n2CCOCC)cc1. The van der Waals surface area contributed by atoms with Gasteiger partial charge in [-0.1, -0.05) is 31.6 Å². The van der Waals surface area contributed by atoms with E-state index in [9.17, 15) is 18.0 Å². The zero-order chi connectivity index (χ0) is 27.7. The number of sulfonamides is 1. The van der Waals surface area contributed by atoms with Crippen molar-refractivity contribution in [2.24, 2.45) is 4.99 Å². The van der Waals surface area contributed by atoms with Crippen molar-refractivity contribution in [3.63, 3.8) is 0 Å². The van der Waals surface area contributed by atoms with Gasteiger partial charge in [-0.05, 0) is 62.7 Å². The highest BCUT2D eigenvalue weighted by Crippen LogP contribution is 2.21. The Hall–Kier alpha value is -2.86. The molecule has 0 spiro atoms. The van der Waals surface area contributed by atoms with E-state index in [0.717, 1.165) is 23.1 Å². The lowest BCUT2D eigenvalue weighted by atomic mass is 10.2. The quantitative estimate of drug-likeness (QED) is 0.225. The van der Waals surface area contributed by atoms with Gasteiger partial charge in [0.1, 0.15) is 0 Å². The Morgan fingerprint density at radius 3 is 2.34 bits per heavy atom. The van der Waals surface area contributed by atoms with Gasteiger partial charge in [0.15, 0.2) is 4.80 Å². The molecule has 1 aromatic heterocycles. The highest BCUT2D eigenvalue weighted by molar-refractivity contribution is 7.89. The molecule has 0 aliphatic carbocycles. The first-order valence-electron chi connectivity index (χ1n) is 12.8. The third kappa shape index (κ3) is 6.96. The number of esters is 1. The molecule has 1 amide bonds. The summed E-state index contributed by atoms with van der Waals surface area (Å²) in [5, 5.41) is 0. The Morgan fingerprint density at radius 2 is 1.71 bits per heavy atom. The molecule has 0 saturated heterocycles. The molecule has 0 aliphatic heterocycles. The number of benzene rings is 2. The largest absolute Gasteiger partial charge is 0.462 e. The summed E-state index contributed by atoms with van der Waals surface area (Å²) >= 11 is 1.29. The monoisotopic (exact) mass is 561 g/mol. The first kappa shape index (κ1) is 29.7. The molecule has 0 fully saturated rings. The van der Waals surface area contributed by atoms with E-state index in [1.54, 1.807) is 19.1 Å². The maximum absolute atomic E-state index is 13.1. The third-order valence-electron chi connectivity index (χ3n) is 5.91. The van der Waals surface area contributed by atoms with Crippen molar-refractivity contribution in [2.75, 3.05) is 32.9 Å². The van der Waals surface area contributed by atoms with E-state index < -0.39 is 21.9 Å². The highest BCUT2D eigenvalue weighted by Gasteiger charge is 2.23. The van der Waals surface area contributed by atoms with Gasteiger partial charge < -0.3 is 14.0 Å². The number of aromatic nitrogens is 1. The maximum Gasteiger partial charge on any atom is 0.338 e. The van der Waals surface area contributed by atoms with E-state index in [0.29, 0.717) is 43.2 Å². The van der Waals surface area contributed by atoms with Crippen LogP contribution in [0.3, 0.4) is 0 Å². The molecule has 1 heterocycles. The van der Waals surface area contributed by atoms with Crippen LogP contribution in [0.5, 0.6) is 0 Å². The molecule has 9 nitrogen and oxygen atoms in total. The molecular weight excluding hydrogens is 526 g/mol. The number of hydrogen-bond donors (Lipinski definition) is 0. The van der Waals surface area contributed by atoms with Gasteiger partial charge >= 0.3 is 5.97 Å². The summed E-state index contributed by atoms with van der Waals surface area (Å²) in [6.07, 6.45) is 1.68. The van der Waals surface area contributed by atoms with E-state index in [1.807, 2.05) is 31.4 Å². The van der Waals surface area contributed by atoms with Gasteiger partial charge in [0.2, 0.25) is 10.0 Å². The summed E-state index contributed by atoms with van der Waals surface area (Å²) in [6.45, 7) is 10.1. The fraction of sp³-hybridized carbons (Fsp3) is 0.444. The van der Waals surface area contributed by atoms with Crippen molar-refractivity contribution in [1.82, 2.24) is 8.87 Å². The van der Waals surface area contributed by atoms with Crippen LogP contribution in [0.4, 0.5) is 0 Å². The van der Waals surface area contributed by atoms with Gasteiger partial charge in [-0.2, -0.15) is 9.30 Å². The number of carbonyl (C=O) groups excluding carboxylic acids is 2. The van der Waals surface area contributed by atoms with Crippen LogP contribution in [0, 0.1) is 0 Å². The summed E-state index contributed by atoms with van der Waals surface area (Å²) in [6, 6.07) is 11.1. The fourth-order valence-electron chi connectivity index (χ4n) is 3.87. The minimum Gasteiger partial charge on any atom is -0.462 e. The van der Waals surface area contributed by atoms with Crippen LogP contribution in [0.25, 0.3) is 10.2 Å². The number of nitrogens with zero attached hydrogens (tertiary/aromatic N) is 3. The first-order chi connectivity index (χ1) is 18.3. The van der Waals surface area contributed by atoms with E-state index in [4.69, 9.17) is 9.47 Å². The Labute approximate surface area is 227 Å². The summed E-state index contributed by atoms with van der Waals surface area (Å²) in [5.41, 5.74) is 1.52. The zero-order valence-corrected chi connectivity index (χ0v) is 23.9. The minimum atomic E-state index is -3.64. The lowest BCUT2D eigenvalue weighted by molar-refractivity contribution is 0.0526. The lowest BCUT2D eigenvalue weighted by Crippen LogP contribution is -2.31. The fourth-order valence-corrected chi connectivity index (χ4v) is 6.45. The van der Waals surface area contributed by atoms with Gasteiger partial charge in [-0.25, -0.2) is 13.2 Å². The summed E-state index contributed by atoms with van der Waals surface area (Å²) in [4.78, 5) is 30.2. The number of ether oxygens (including phenoxy) is 2. The number of fused-ring (bicyclic) bond motifs is 1. The molecule has 3 rings (SSSR count). The lowest BCUT2D eigenvalue weighted by Gasteiger charge is -2.20. The van der Waals surface area contributed by atoms with Crippen LogP contribution in [0.1, 0.15) is 61.3 Å². The predicted molar refractivity (Wildman–Crippen MR) is 148 cm³/mol. The Morgan fingerprint density at radius 1 is 1.00 bits per heavy atom. The Bertz CT molecular complexity index is 1430. The highest BCUT2D eigenvalue weighted by atomic mass is 32.2. The van der Waals surface area contributed by atoms with Crippen molar-refractivity contribution in [1.29, 1.82) is 0 Å². The van der Waals surface area contributed by atoms with Gasteiger partial charge in [0.05, 0.1) is 33.9 Å². The third-order valence-corrected chi connectivity index (χ3v) is 8.94. The number of carbonyl (C=O) groups is 2. The molecule has 0 radical (unpaired) electrons. The van der Waals surface area contributed by atoms with Crippen molar-refractivity contribution < 1.29 is 27.5 Å². The number of unbranched alkanes of at least 4 members (excludes halogenated alkanes) is 1. The van der Waals surface area contributed by atoms with Crippen molar-refractivity contribution in [2.45, 2.75) is 52.0 Å². The number of hydrogen-bond acceptors (Lipinski definition) is 7. The van der Waals surface area contributed by atoms with E-state index in [1.165, 1.54) is 39.9 Å². The Balaban J connectivity index is 1.95. The minimum absolute atomic E-state index is 0.145.